The van der Waals surface area contributed by atoms with Crippen LogP contribution < -0.4 is 0 Å². The molecule has 0 aliphatic heterocycles. The fourth-order valence-corrected chi connectivity index (χ4v) is 1.74. The van der Waals surface area contributed by atoms with Gasteiger partial charge in [-0.25, -0.2) is 0 Å². The van der Waals surface area contributed by atoms with Gasteiger partial charge in [0.05, 0.1) is 12.3 Å². The van der Waals surface area contributed by atoms with Crippen molar-refractivity contribution in [3.8, 4) is 5.69 Å². The lowest BCUT2D eigenvalue weighted by atomic mass is 10.3. The lowest BCUT2D eigenvalue weighted by Crippen LogP contribution is -2.01. The molecule has 0 aliphatic carbocycles. The van der Waals surface area contributed by atoms with Gasteiger partial charge >= 0.3 is 0 Å². The van der Waals surface area contributed by atoms with E-state index in [1.165, 1.54) is 3.97 Å². The third kappa shape index (κ3) is 1.60. The SMILES string of the molecule is O=Cc1c(-n2cccc2CO)ccn1S. The summed E-state index contributed by atoms with van der Waals surface area (Å²) in [5.74, 6) is 0. The Kier molecular flexibility index (Phi) is 2.66. The lowest BCUT2D eigenvalue weighted by molar-refractivity contribution is 0.111. The van der Waals surface area contributed by atoms with Crippen LogP contribution in [0.4, 0.5) is 0 Å². The van der Waals surface area contributed by atoms with Crippen LogP contribution in [0.1, 0.15) is 16.2 Å². The molecule has 2 heterocycles. The molecule has 2 rings (SSSR count). The Balaban J connectivity index is 2.58. The summed E-state index contributed by atoms with van der Waals surface area (Å²) in [6.07, 6.45) is 4.22. The van der Waals surface area contributed by atoms with Gasteiger partial charge in [-0.2, -0.15) is 0 Å². The minimum absolute atomic E-state index is 0.0664. The molecule has 0 aliphatic rings. The van der Waals surface area contributed by atoms with Crippen LogP contribution in [0.5, 0.6) is 0 Å². The number of hydrogen-bond donors (Lipinski definition) is 2. The summed E-state index contributed by atoms with van der Waals surface area (Å²) in [6, 6.07) is 5.39. The molecule has 0 radical (unpaired) electrons. The minimum Gasteiger partial charge on any atom is -0.390 e. The summed E-state index contributed by atoms with van der Waals surface area (Å²) in [7, 11) is 0. The zero-order chi connectivity index (χ0) is 10.8. The second kappa shape index (κ2) is 3.96. The van der Waals surface area contributed by atoms with Crippen LogP contribution in [0.2, 0.25) is 0 Å². The molecule has 0 spiro atoms. The number of aliphatic hydroxyl groups excluding tert-OH is 1. The summed E-state index contributed by atoms with van der Waals surface area (Å²) in [5.41, 5.74) is 1.91. The van der Waals surface area contributed by atoms with Crippen molar-refractivity contribution < 1.29 is 9.90 Å². The first-order valence-corrected chi connectivity index (χ1v) is 4.81. The maximum absolute atomic E-state index is 10.9. The number of hydrogen-bond acceptors (Lipinski definition) is 3. The number of nitrogens with zero attached hydrogens (tertiary/aromatic N) is 2. The van der Waals surface area contributed by atoms with Gasteiger partial charge < -0.3 is 9.67 Å². The molecule has 2 aromatic heterocycles. The summed E-state index contributed by atoms with van der Waals surface area (Å²) < 4.78 is 3.21. The largest absolute Gasteiger partial charge is 0.390 e. The molecule has 0 fully saturated rings. The summed E-state index contributed by atoms with van der Waals surface area (Å²) in [5, 5.41) is 9.10. The Hall–Kier alpha value is -1.46. The van der Waals surface area contributed by atoms with Gasteiger partial charge in [0, 0.05) is 18.1 Å². The molecule has 0 saturated heterocycles. The number of carbonyl (C=O) groups excluding carboxylic acids is 1. The van der Waals surface area contributed by atoms with E-state index in [4.69, 9.17) is 5.11 Å². The van der Waals surface area contributed by atoms with Gasteiger partial charge in [0.2, 0.25) is 0 Å². The van der Waals surface area contributed by atoms with Crippen LogP contribution in [-0.4, -0.2) is 19.9 Å². The Bertz CT molecular complexity index is 487. The Labute approximate surface area is 92.3 Å². The molecule has 0 amide bonds. The molecule has 0 bridgehead atoms. The van der Waals surface area contributed by atoms with Gasteiger partial charge in [-0.1, -0.05) is 12.8 Å². The highest BCUT2D eigenvalue weighted by molar-refractivity contribution is 7.78. The number of carbonyl (C=O) groups is 1. The maximum atomic E-state index is 10.9. The number of aldehydes is 1. The highest BCUT2D eigenvalue weighted by Gasteiger charge is 2.10. The monoisotopic (exact) mass is 222 g/mol. The quantitative estimate of drug-likeness (QED) is 0.607. The minimum atomic E-state index is -0.0664. The molecular formula is C10H10N2O2S. The smallest absolute Gasteiger partial charge is 0.169 e. The fraction of sp³-hybridized carbons (Fsp3) is 0.100. The van der Waals surface area contributed by atoms with Gasteiger partial charge in [-0.05, 0) is 18.2 Å². The summed E-state index contributed by atoms with van der Waals surface area (Å²) in [6.45, 7) is -0.0664. The molecule has 78 valence electrons. The van der Waals surface area contributed by atoms with Gasteiger partial charge in [-0.3, -0.25) is 8.77 Å². The topological polar surface area (TPSA) is 47.2 Å². The van der Waals surface area contributed by atoms with Crippen LogP contribution in [0.25, 0.3) is 5.69 Å². The average Bonchev–Trinajstić information content (AvgIpc) is 2.82. The first-order chi connectivity index (χ1) is 7.27. The third-order valence-electron chi connectivity index (χ3n) is 2.25. The fourth-order valence-electron chi connectivity index (χ4n) is 1.52. The predicted molar refractivity (Wildman–Crippen MR) is 59.5 cm³/mol. The maximum Gasteiger partial charge on any atom is 0.169 e. The first kappa shape index (κ1) is 10.1. The van der Waals surface area contributed by atoms with Crippen molar-refractivity contribution in [1.29, 1.82) is 0 Å². The van der Waals surface area contributed by atoms with Gasteiger partial charge in [-0.15, -0.1) is 0 Å². The average molecular weight is 222 g/mol. The van der Waals surface area contributed by atoms with E-state index in [0.717, 1.165) is 12.0 Å². The van der Waals surface area contributed by atoms with Gasteiger partial charge in [0.15, 0.2) is 6.29 Å². The second-order valence-corrected chi connectivity index (χ2v) is 3.51. The zero-order valence-electron chi connectivity index (χ0n) is 7.87. The second-order valence-electron chi connectivity index (χ2n) is 3.08. The standard InChI is InChI=1S/C10H10N2O2S/c13-6-8-2-1-4-11(8)9-3-5-12(15)10(9)7-14/h1-5,7,13,15H,6H2. The number of aliphatic hydroxyl groups is 1. The Morgan fingerprint density at radius 2 is 2.20 bits per heavy atom. The lowest BCUT2D eigenvalue weighted by Gasteiger charge is -2.06. The molecular weight excluding hydrogens is 212 g/mol. The van der Waals surface area contributed by atoms with Crippen molar-refractivity contribution in [3.63, 3.8) is 0 Å². The van der Waals surface area contributed by atoms with Crippen LogP contribution in [-0.2, 0) is 6.61 Å². The van der Waals surface area contributed by atoms with Crippen molar-refractivity contribution in [1.82, 2.24) is 8.54 Å². The van der Waals surface area contributed by atoms with Gasteiger partial charge in [0.25, 0.3) is 0 Å². The summed E-state index contributed by atoms with van der Waals surface area (Å²) >= 11 is 4.10. The summed E-state index contributed by atoms with van der Waals surface area (Å²) in [4.78, 5) is 10.9. The van der Waals surface area contributed by atoms with E-state index >= 15 is 0 Å². The van der Waals surface area contributed by atoms with Crippen LogP contribution in [0.3, 0.4) is 0 Å². The molecule has 15 heavy (non-hydrogen) atoms. The first-order valence-electron chi connectivity index (χ1n) is 4.41. The van der Waals surface area contributed by atoms with Crippen molar-refractivity contribution in [2.45, 2.75) is 6.61 Å². The predicted octanol–water partition coefficient (Wildman–Crippen LogP) is 1.28. The Morgan fingerprint density at radius 1 is 1.40 bits per heavy atom. The molecule has 4 nitrogen and oxygen atoms in total. The third-order valence-corrected chi connectivity index (χ3v) is 2.60. The van der Waals surface area contributed by atoms with Crippen molar-refractivity contribution in [2.24, 2.45) is 0 Å². The molecule has 5 heteroatoms. The van der Waals surface area contributed by atoms with E-state index in [1.807, 2.05) is 6.07 Å². The van der Waals surface area contributed by atoms with Crippen molar-refractivity contribution in [3.05, 3.63) is 42.0 Å². The van der Waals surface area contributed by atoms with E-state index < -0.39 is 0 Å². The number of rotatable bonds is 3. The van der Waals surface area contributed by atoms with Gasteiger partial charge in [0.1, 0.15) is 5.69 Å². The normalized spacial score (nSPS) is 10.5. The highest BCUT2D eigenvalue weighted by Crippen LogP contribution is 2.18. The molecule has 2 aromatic rings. The molecule has 0 atom stereocenters. The Morgan fingerprint density at radius 3 is 2.87 bits per heavy atom. The molecule has 0 saturated carbocycles. The zero-order valence-corrected chi connectivity index (χ0v) is 8.76. The molecule has 0 unspecified atom stereocenters. The van der Waals surface area contributed by atoms with Crippen LogP contribution >= 0.6 is 12.8 Å². The van der Waals surface area contributed by atoms with E-state index in [9.17, 15) is 4.79 Å². The van der Waals surface area contributed by atoms with E-state index in [-0.39, 0.29) is 6.61 Å². The molecule has 1 N–H and O–H groups in total. The van der Waals surface area contributed by atoms with Crippen LogP contribution in [0, 0.1) is 0 Å². The highest BCUT2D eigenvalue weighted by atomic mass is 32.1. The number of thiol groups is 1. The van der Waals surface area contributed by atoms with Crippen LogP contribution in [0.15, 0.2) is 30.6 Å². The molecule has 0 aromatic carbocycles. The van der Waals surface area contributed by atoms with Crippen molar-refractivity contribution in [2.75, 3.05) is 0 Å². The number of aromatic nitrogens is 2. The van der Waals surface area contributed by atoms with Crippen molar-refractivity contribution >= 4 is 19.1 Å². The van der Waals surface area contributed by atoms with E-state index in [0.29, 0.717) is 11.4 Å². The van der Waals surface area contributed by atoms with E-state index in [2.05, 4.69) is 12.8 Å². The van der Waals surface area contributed by atoms with E-state index in [1.54, 1.807) is 29.1 Å².